The van der Waals surface area contributed by atoms with Crippen molar-refractivity contribution in [1.82, 2.24) is 10.2 Å². The van der Waals surface area contributed by atoms with Crippen LogP contribution in [0.3, 0.4) is 0 Å². The summed E-state index contributed by atoms with van der Waals surface area (Å²) in [6.07, 6.45) is 5.92. The first-order chi connectivity index (χ1) is 11.2. The number of nitrogens with one attached hydrogen (secondary N) is 1. The zero-order chi connectivity index (χ0) is 16.9. The van der Waals surface area contributed by atoms with Gasteiger partial charge in [0.05, 0.1) is 13.2 Å². The molecule has 1 rings (SSSR count). The van der Waals surface area contributed by atoms with E-state index in [1.807, 2.05) is 0 Å². The van der Waals surface area contributed by atoms with E-state index in [0.717, 1.165) is 70.8 Å². The minimum atomic E-state index is -0.126. The minimum Gasteiger partial charge on any atom is -0.469 e. The van der Waals surface area contributed by atoms with E-state index in [9.17, 15) is 4.79 Å². The third kappa shape index (κ3) is 9.66. The number of aliphatic imine (C=N–C) groups is 1. The van der Waals surface area contributed by atoms with Gasteiger partial charge in [-0.1, -0.05) is 6.42 Å². The molecule has 1 saturated heterocycles. The summed E-state index contributed by atoms with van der Waals surface area (Å²) in [4.78, 5) is 18.1. The lowest BCUT2D eigenvalue weighted by Crippen LogP contribution is -2.47. The van der Waals surface area contributed by atoms with Gasteiger partial charge in [0.2, 0.25) is 0 Å². The van der Waals surface area contributed by atoms with E-state index >= 15 is 0 Å². The highest BCUT2D eigenvalue weighted by Crippen LogP contribution is 2.13. The predicted molar refractivity (Wildman–Crippen MR) is 108 cm³/mol. The quantitative estimate of drug-likeness (QED) is 0.191. The third-order valence-electron chi connectivity index (χ3n) is 4.01. The summed E-state index contributed by atoms with van der Waals surface area (Å²) in [5, 5.41) is 3.38. The maximum atomic E-state index is 11.0. The molecule has 0 aromatic heterocycles. The van der Waals surface area contributed by atoms with Gasteiger partial charge in [-0.15, -0.1) is 24.0 Å². The Morgan fingerprint density at radius 3 is 2.50 bits per heavy atom. The predicted octanol–water partition coefficient (Wildman–Crippen LogP) is 2.80. The van der Waals surface area contributed by atoms with Crippen molar-refractivity contribution in [1.29, 1.82) is 0 Å². The Hall–Kier alpha value is -0.570. The minimum absolute atomic E-state index is 0. The topological polar surface area (TPSA) is 63.2 Å². The highest BCUT2D eigenvalue weighted by molar-refractivity contribution is 14.0. The van der Waals surface area contributed by atoms with Gasteiger partial charge in [0, 0.05) is 39.2 Å². The average molecular weight is 455 g/mol. The van der Waals surface area contributed by atoms with Crippen LogP contribution in [0.25, 0.3) is 0 Å². The molecular formula is C17H34IN3O3. The summed E-state index contributed by atoms with van der Waals surface area (Å²) in [5.74, 6) is 0.884. The molecule has 1 heterocycles. The van der Waals surface area contributed by atoms with Crippen molar-refractivity contribution in [2.24, 2.45) is 4.99 Å². The monoisotopic (exact) mass is 455 g/mol. The number of guanidine groups is 1. The van der Waals surface area contributed by atoms with Crippen LogP contribution in [0.1, 0.15) is 52.4 Å². The molecule has 7 heteroatoms. The number of methoxy groups -OCH3 is 1. The molecule has 0 aromatic rings. The van der Waals surface area contributed by atoms with Gasteiger partial charge in [-0.3, -0.25) is 9.79 Å². The van der Waals surface area contributed by atoms with Crippen molar-refractivity contribution in [3.8, 4) is 0 Å². The van der Waals surface area contributed by atoms with Crippen LogP contribution in [0, 0.1) is 0 Å². The highest BCUT2D eigenvalue weighted by atomic mass is 127. The first-order valence-electron chi connectivity index (χ1n) is 8.92. The summed E-state index contributed by atoms with van der Waals surface area (Å²) in [6, 6.07) is 0. The Bertz CT molecular complexity index is 359. The molecular weight excluding hydrogens is 421 g/mol. The number of esters is 1. The second-order valence-electron chi connectivity index (χ2n) is 5.76. The van der Waals surface area contributed by atoms with Crippen molar-refractivity contribution in [3.63, 3.8) is 0 Å². The van der Waals surface area contributed by atoms with Crippen LogP contribution in [0.2, 0.25) is 0 Å². The molecule has 0 aliphatic carbocycles. The van der Waals surface area contributed by atoms with Crippen LogP contribution in [-0.2, 0) is 14.3 Å². The summed E-state index contributed by atoms with van der Waals surface area (Å²) < 4.78 is 10.3. The molecule has 0 saturated carbocycles. The number of unbranched alkanes of at least 4 members (excludes halogenated alkanes) is 2. The molecule has 0 atom stereocenters. The Kier molecular flexibility index (Phi) is 14.4. The Morgan fingerprint density at radius 1 is 1.21 bits per heavy atom. The molecule has 6 nitrogen and oxygen atoms in total. The first-order valence-corrected chi connectivity index (χ1v) is 8.92. The molecule has 0 bridgehead atoms. The molecule has 1 aliphatic heterocycles. The summed E-state index contributed by atoms with van der Waals surface area (Å²) in [6.45, 7) is 8.63. The molecule has 0 unspecified atom stereocenters. The van der Waals surface area contributed by atoms with Gasteiger partial charge in [0.25, 0.3) is 0 Å². The smallest absolute Gasteiger partial charge is 0.305 e. The Balaban J connectivity index is 0.00000529. The van der Waals surface area contributed by atoms with Gasteiger partial charge in [-0.05, 0) is 39.5 Å². The lowest BCUT2D eigenvalue weighted by Gasteiger charge is -2.34. The van der Waals surface area contributed by atoms with Crippen molar-refractivity contribution >= 4 is 35.9 Å². The molecule has 0 amide bonds. The van der Waals surface area contributed by atoms with E-state index in [-0.39, 0.29) is 29.9 Å². The van der Waals surface area contributed by atoms with Gasteiger partial charge < -0.3 is 19.7 Å². The molecule has 24 heavy (non-hydrogen) atoms. The van der Waals surface area contributed by atoms with Gasteiger partial charge in [0.1, 0.15) is 0 Å². The zero-order valence-corrected chi connectivity index (χ0v) is 17.7. The Labute approximate surface area is 163 Å². The molecule has 1 aliphatic rings. The normalized spacial score (nSPS) is 15.8. The van der Waals surface area contributed by atoms with E-state index in [4.69, 9.17) is 9.73 Å². The number of ether oxygens (including phenoxy) is 2. The number of hydrogen-bond acceptors (Lipinski definition) is 4. The third-order valence-corrected chi connectivity index (χ3v) is 4.01. The maximum absolute atomic E-state index is 11.0. The summed E-state index contributed by atoms with van der Waals surface area (Å²) >= 11 is 0. The number of hydrogen-bond donors (Lipinski definition) is 1. The van der Waals surface area contributed by atoms with Crippen molar-refractivity contribution in [2.75, 3.05) is 39.9 Å². The summed E-state index contributed by atoms with van der Waals surface area (Å²) in [7, 11) is 1.43. The number of rotatable bonds is 9. The van der Waals surface area contributed by atoms with Crippen molar-refractivity contribution < 1.29 is 14.3 Å². The zero-order valence-electron chi connectivity index (χ0n) is 15.4. The van der Waals surface area contributed by atoms with Crippen LogP contribution < -0.4 is 5.32 Å². The van der Waals surface area contributed by atoms with Gasteiger partial charge >= 0.3 is 5.97 Å². The molecule has 142 valence electrons. The molecule has 1 N–H and O–H groups in total. The largest absolute Gasteiger partial charge is 0.469 e. The van der Waals surface area contributed by atoms with Gasteiger partial charge in [-0.2, -0.15) is 0 Å². The van der Waals surface area contributed by atoms with Crippen molar-refractivity contribution in [3.05, 3.63) is 0 Å². The van der Waals surface area contributed by atoms with E-state index in [1.165, 1.54) is 7.11 Å². The fourth-order valence-corrected chi connectivity index (χ4v) is 2.74. The van der Waals surface area contributed by atoms with E-state index in [0.29, 0.717) is 12.5 Å². The Morgan fingerprint density at radius 2 is 1.92 bits per heavy atom. The fourth-order valence-electron chi connectivity index (χ4n) is 2.74. The second kappa shape index (κ2) is 14.7. The number of piperidine rings is 1. The molecule has 0 spiro atoms. The SMILES string of the molecule is CCNC(=NCCCCCC(=O)OC)N1CCC(OCC)CC1.I. The maximum Gasteiger partial charge on any atom is 0.305 e. The van der Waals surface area contributed by atoms with Crippen molar-refractivity contribution in [2.45, 2.75) is 58.5 Å². The lowest BCUT2D eigenvalue weighted by molar-refractivity contribution is -0.140. The number of nitrogens with zero attached hydrogens (tertiary/aromatic N) is 2. The van der Waals surface area contributed by atoms with Crippen LogP contribution >= 0.6 is 24.0 Å². The standard InChI is InChI=1S/C17H33N3O3.HI/c1-4-18-17(19-12-8-6-7-9-16(21)22-3)20-13-10-15(11-14-20)23-5-2;/h15H,4-14H2,1-3H3,(H,18,19);1H. The second-order valence-corrected chi connectivity index (χ2v) is 5.76. The number of likely N-dealkylation sites (tertiary alicyclic amines) is 1. The molecule has 0 radical (unpaired) electrons. The van der Waals surface area contributed by atoms with Crippen LogP contribution in [0.4, 0.5) is 0 Å². The van der Waals surface area contributed by atoms with Crippen LogP contribution in [0.15, 0.2) is 4.99 Å². The lowest BCUT2D eigenvalue weighted by atomic mass is 10.1. The average Bonchev–Trinajstić information content (AvgIpc) is 2.57. The molecule has 1 fully saturated rings. The first kappa shape index (κ1) is 23.4. The van der Waals surface area contributed by atoms with E-state index in [2.05, 4.69) is 28.8 Å². The summed E-state index contributed by atoms with van der Waals surface area (Å²) in [5.41, 5.74) is 0. The van der Waals surface area contributed by atoms with E-state index < -0.39 is 0 Å². The van der Waals surface area contributed by atoms with Gasteiger partial charge in [0.15, 0.2) is 5.96 Å². The number of halogens is 1. The number of carbonyl (C=O) groups excluding carboxylic acids is 1. The fraction of sp³-hybridized carbons (Fsp3) is 0.882. The molecule has 0 aromatic carbocycles. The van der Waals surface area contributed by atoms with Crippen LogP contribution in [-0.4, -0.2) is 62.8 Å². The van der Waals surface area contributed by atoms with E-state index in [1.54, 1.807) is 0 Å². The van der Waals surface area contributed by atoms with Crippen LogP contribution in [0.5, 0.6) is 0 Å². The highest BCUT2D eigenvalue weighted by Gasteiger charge is 2.21. The number of carbonyl (C=O) groups is 1. The van der Waals surface area contributed by atoms with Gasteiger partial charge in [-0.25, -0.2) is 0 Å².